The molecule has 1 aromatic heterocycles. The van der Waals surface area contributed by atoms with E-state index in [9.17, 15) is 9.90 Å². The van der Waals surface area contributed by atoms with Gasteiger partial charge in [-0.05, 0) is 116 Å². The van der Waals surface area contributed by atoms with Crippen molar-refractivity contribution in [1.29, 1.82) is 0 Å². The van der Waals surface area contributed by atoms with Crippen molar-refractivity contribution in [1.82, 2.24) is 9.88 Å². The number of methoxy groups -OCH3 is 1. The van der Waals surface area contributed by atoms with Crippen molar-refractivity contribution >= 4 is 5.97 Å². The number of ether oxygens (including phenoxy) is 2. The van der Waals surface area contributed by atoms with E-state index in [1.165, 1.54) is 41.5 Å². The van der Waals surface area contributed by atoms with Gasteiger partial charge in [0.1, 0.15) is 11.9 Å². The summed E-state index contributed by atoms with van der Waals surface area (Å²) in [5, 5.41) is 9.78. The first-order chi connectivity index (χ1) is 20.2. The Kier molecular flexibility index (Phi) is 8.01. The smallest absolute Gasteiger partial charge is 0.306 e. The van der Waals surface area contributed by atoms with E-state index in [0.29, 0.717) is 11.8 Å². The molecule has 1 saturated carbocycles. The third-order valence-corrected chi connectivity index (χ3v) is 9.92. The van der Waals surface area contributed by atoms with E-state index in [1.54, 1.807) is 7.11 Å². The van der Waals surface area contributed by atoms with Gasteiger partial charge in [-0.25, -0.2) is 4.98 Å². The fourth-order valence-electron chi connectivity index (χ4n) is 7.14. The molecule has 2 aromatic carbocycles. The Hall–Kier alpha value is -3.38. The molecule has 2 fully saturated rings. The van der Waals surface area contributed by atoms with Crippen LogP contribution in [0.15, 0.2) is 54.7 Å². The van der Waals surface area contributed by atoms with Gasteiger partial charge in [0.15, 0.2) is 0 Å². The van der Waals surface area contributed by atoms with E-state index < -0.39 is 11.9 Å². The molecule has 1 aliphatic carbocycles. The summed E-state index contributed by atoms with van der Waals surface area (Å²) in [6.45, 7) is 8.56. The highest BCUT2D eigenvalue weighted by Gasteiger charge is 2.39. The zero-order valence-electron chi connectivity index (χ0n) is 25.4. The minimum absolute atomic E-state index is 0.0351. The Morgan fingerprint density at radius 3 is 2.69 bits per heavy atom. The number of nitrogens with zero attached hydrogens (tertiary/aromatic N) is 2. The van der Waals surface area contributed by atoms with Gasteiger partial charge in [0.25, 0.3) is 0 Å². The first kappa shape index (κ1) is 28.7. The predicted molar refractivity (Wildman–Crippen MR) is 165 cm³/mol. The molecule has 6 heteroatoms. The maximum Gasteiger partial charge on any atom is 0.306 e. The average Bonchev–Trinajstić information content (AvgIpc) is 3.83. The van der Waals surface area contributed by atoms with Crippen molar-refractivity contribution in [3.05, 3.63) is 77.0 Å². The van der Waals surface area contributed by atoms with Crippen LogP contribution in [0.3, 0.4) is 0 Å². The summed E-state index contributed by atoms with van der Waals surface area (Å²) in [4.78, 5) is 18.9. The third-order valence-electron chi connectivity index (χ3n) is 9.92. The Morgan fingerprint density at radius 2 is 1.95 bits per heavy atom. The summed E-state index contributed by atoms with van der Waals surface area (Å²) in [6.07, 6.45) is 9.56. The highest BCUT2D eigenvalue weighted by molar-refractivity contribution is 5.71. The molecule has 6 rings (SSSR count). The van der Waals surface area contributed by atoms with E-state index in [0.717, 1.165) is 55.6 Å². The number of aliphatic carboxylic acids is 1. The number of rotatable bonds is 9. The number of hydrogen-bond acceptors (Lipinski definition) is 5. The molecule has 0 radical (unpaired) electrons. The average molecular weight is 569 g/mol. The van der Waals surface area contributed by atoms with Crippen molar-refractivity contribution in [2.24, 2.45) is 11.8 Å². The van der Waals surface area contributed by atoms with Crippen LogP contribution in [-0.2, 0) is 17.8 Å². The molecule has 1 unspecified atom stereocenters. The second-order valence-electron chi connectivity index (χ2n) is 13.2. The van der Waals surface area contributed by atoms with E-state index in [-0.39, 0.29) is 17.6 Å². The maximum atomic E-state index is 11.9. The van der Waals surface area contributed by atoms with Crippen LogP contribution in [0.2, 0.25) is 0 Å². The van der Waals surface area contributed by atoms with E-state index in [4.69, 9.17) is 9.47 Å². The van der Waals surface area contributed by atoms with Crippen LogP contribution >= 0.6 is 0 Å². The molecule has 3 aromatic rings. The van der Waals surface area contributed by atoms with Crippen LogP contribution in [0.4, 0.5) is 0 Å². The number of aromatic nitrogens is 1. The summed E-state index contributed by atoms with van der Waals surface area (Å²) < 4.78 is 12.2. The standard InChI is InChI=1S/C36H44N2O4/c1-23(35(39)40)34(25-8-9-25)28-10-7-24-12-14-31(42-32(24)20-28)27-11-13-30(26-15-17-37-33(21-26)41-4)29(19-27)22-38-18-6-5-16-36(38,2)3/h7,10-11,13,15,17,19-21,23,25,31,34H,5-6,8-9,12,14,16,18,22H2,1-4H3,(H,39,40)/t23-,31?,34-/m0/s1. The van der Waals surface area contributed by atoms with Crippen molar-refractivity contribution in [2.45, 2.75) is 89.8 Å². The Bertz CT molecular complexity index is 1450. The lowest BCUT2D eigenvalue weighted by Crippen LogP contribution is -2.46. The van der Waals surface area contributed by atoms with Gasteiger partial charge in [-0.15, -0.1) is 0 Å². The lowest BCUT2D eigenvalue weighted by atomic mass is 9.82. The number of aryl methyl sites for hydroxylation is 1. The minimum atomic E-state index is -0.722. The number of carboxylic acids is 1. The van der Waals surface area contributed by atoms with Gasteiger partial charge in [0.2, 0.25) is 5.88 Å². The summed E-state index contributed by atoms with van der Waals surface area (Å²) >= 11 is 0. The molecule has 222 valence electrons. The molecule has 42 heavy (non-hydrogen) atoms. The quantitative estimate of drug-likeness (QED) is 0.284. The molecule has 0 amide bonds. The Labute approximate surface area is 250 Å². The number of likely N-dealkylation sites (tertiary alicyclic amines) is 1. The SMILES string of the molecule is COc1cc(-c2ccc(C3CCc4ccc([C@H](C5CC5)[C@H](C)C(=O)O)cc4O3)cc2CN2CCCCC2(C)C)ccn1. The fraction of sp³-hybridized carbons (Fsp3) is 0.500. The molecule has 3 atom stereocenters. The first-order valence-electron chi connectivity index (χ1n) is 15.6. The van der Waals surface area contributed by atoms with Crippen LogP contribution in [0.1, 0.15) is 93.6 Å². The maximum absolute atomic E-state index is 11.9. The molecular formula is C36H44N2O4. The topological polar surface area (TPSA) is 71.9 Å². The van der Waals surface area contributed by atoms with Crippen molar-refractivity contribution in [3.63, 3.8) is 0 Å². The van der Waals surface area contributed by atoms with Gasteiger partial charge >= 0.3 is 5.97 Å². The van der Waals surface area contributed by atoms with E-state index in [2.05, 4.69) is 66.2 Å². The lowest BCUT2D eigenvalue weighted by Gasteiger charge is -2.43. The van der Waals surface area contributed by atoms with Gasteiger partial charge in [-0.2, -0.15) is 0 Å². The second kappa shape index (κ2) is 11.7. The molecule has 2 aliphatic heterocycles. The minimum Gasteiger partial charge on any atom is -0.485 e. The molecule has 3 heterocycles. The monoisotopic (exact) mass is 568 g/mol. The first-order valence-corrected chi connectivity index (χ1v) is 15.6. The molecule has 1 N–H and O–H groups in total. The number of carbonyl (C=O) groups is 1. The molecule has 3 aliphatic rings. The van der Waals surface area contributed by atoms with Gasteiger partial charge in [-0.1, -0.05) is 43.7 Å². The zero-order valence-corrected chi connectivity index (χ0v) is 25.4. The number of fused-ring (bicyclic) bond motifs is 1. The number of piperidine rings is 1. The third kappa shape index (κ3) is 5.92. The molecule has 0 spiro atoms. The largest absolute Gasteiger partial charge is 0.485 e. The number of benzene rings is 2. The molecule has 6 nitrogen and oxygen atoms in total. The summed E-state index contributed by atoms with van der Waals surface area (Å²) in [5.74, 6) is 0.886. The Balaban J connectivity index is 1.32. The molecular weight excluding hydrogens is 524 g/mol. The molecule has 0 bridgehead atoms. The summed E-state index contributed by atoms with van der Waals surface area (Å²) in [7, 11) is 1.66. The van der Waals surface area contributed by atoms with Gasteiger partial charge in [0.05, 0.1) is 13.0 Å². The normalized spacial score (nSPS) is 21.6. The van der Waals surface area contributed by atoms with Crippen LogP contribution in [0.25, 0.3) is 11.1 Å². The highest BCUT2D eigenvalue weighted by Crippen LogP contribution is 2.48. The predicted octanol–water partition coefficient (Wildman–Crippen LogP) is 7.80. The van der Waals surface area contributed by atoms with Gasteiger partial charge < -0.3 is 14.6 Å². The number of carboxylic acid groups (broad SMARTS) is 1. The summed E-state index contributed by atoms with van der Waals surface area (Å²) in [6, 6.07) is 17.3. The van der Waals surface area contributed by atoms with E-state index >= 15 is 0 Å². The van der Waals surface area contributed by atoms with Gasteiger partial charge in [-0.3, -0.25) is 9.69 Å². The van der Waals surface area contributed by atoms with Crippen LogP contribution in [0, 0.1) is 11.8 Å². The van der Waals surface area contributed by atoms with Crippen molar-refractivity contribution in [2.75, 3.05) is 13.7 Å². The second-order valence-corrected chi connectivity index (χ2v) is 13.2. The zero-order chi connectivity index (χ0) is 29.4. The summed E-state index contributed by atoms with van der Waals surface area (Å²) in [5.41, 5.74) is 7.26. The fourth-order valence-corrected chi connectivity index (χ4v) is 7.14. The van der Waals surface area contributed by atoms with Crippen LogP contribution < -0.4 is 9.47 Å². The lowest BCUT2D eigenvalue weighted by molar-refractivity contribution is -0.142. The van der Waals surface area contributed by atoms with Gasteiger partial charge in [0, 0.05) is 24.3 Å². The van der Waals surface area contributed by atoms with Crippen molar-refractivity contribution in [3.8, 4) is 22.8 Å². The number of hydrogen-bond donors (Lipinski definition) is 1. The van der Waals surface area contributed by atoms with Crippen LogP contribution in [0.5, 0.6) is 11.6 Å². The Morgan fingerprint density at radius 1 is 1.12 bits per heavy atom. The van der Waals surface area contributed by atoms with Crippen LogP contribution in [-0.4, -0.2) is 40.2 Å². The number of pyridine rings is 1. The van der Waals surface area contributed by atoms with E-state index in [1.807, 2.05) is 19.2 Å². The molecule has 1 saturated heterocycles. The van der Waals surface area contributed by atoms with Crippen molar-refractivity contribution < 1.29 is 19.4 Å². The highest BCUT2D eigenvalue weighted by atomic mass is 16.5.